The molecule has 1 heterocycles. The fourth-order valence-corrected chi connectivity index (χ4v) is 4.05. The molecule has 1 saturated heterocycles. The van der Waals surface area contributed by atoms with E-state index in [9.17, 15) is 18.8 Å². The standard InChI is InChI=1S/C29H26ClFN2O6/c1-3-13-38-22-11-9-21(10-12-22)33-28(35)23(27(34)32-29(33)36)14-19-15-24(30)26(25(16-19)37-4-2)39-17-18-5-7-20(31)8-6-18/h5-12,14-16H,3-4,13,17H2,1-2H3,(H,32,34,36)/b23-14-. The third kappa shape index (κ3) is 6.56. The van der Waals surface area contributed by atoms with E-state index in [1.807, 2.05) is 6.92 Å². The van der Waals surface area contributed by atoms with Gasteiger partial charge >= 0.3 is 6.03 Å². The van der Waals surface area contributed by atoms with Gasteiger partial charge in [-0.15, -0.1) is 0 Å². The van der Waals surface area contributed by atoms with Crippen molar-refractivity contribution < 1.29 is 33.0 Å². The zero-order valence-electron chi connectivity index (χ0n) is 21.3. The molecule has 0 saturated carbocycles. The summed E-state index contributed by atoms with van der Waals surface area (Å²) in [4.78, 5) is 39.3. The van der Waals surface area contributed by atoms with Crippen LogP contribution in [0.4, 0.5) is 14.9 Å². The summed E-state index contributed by atoms with van der Waals surface area (Å²) in [7, 11) is 0. The number of ether oxygens (including phenoxy) is 3. The predicted octanol–water partition coefficient (Wildman–Crippen LogP) is 5.91. The molecule has 0 radical (unpaired) electrons. The van der Waals surface area contributed by atoms with Gasteiger partial charge in [0, 0.05) is 0 Å². The van der Waals surface area contributed by atoms with E-state index in [2.05, 4.69) is 5.32 Å². The van der Waals surface area contributed by atoms with Crippen LogP contribution >= 0.6 is 11.6 Å². The molecule has 1 fully saturated rings. The molecule has 202 valence electrons. The number of hydrogen-bond acceptors (Lipinski definition) is 6. The molecule has 4 rings (SSSR count). The monoisotopic (exact) mass is 552 g/mol. The molecular formula is C29H26ClFN2O6. The molecule has 0 aliphatic carbocycles. The molecule has 0 aromatic heterocycles. The second-order valence-corrected chi connectivity index (χ2v) is 8.89. The highest BCUT2D eigenvalue weighted by Crippen LogP contribution is 2.38. The first-order valence-electron chi connectivity index (χ1n) is 12.3. The number of benzene rings is 3. The summed E-state index contributed by atoms with van der Waals surface area (Å²) in [6.07, 6.45) is 2.16. The summed E-state index contributed by atoms with van der Waals surface area (Å²) < 4.78 is 30.3. The normalized spacial score (nSPS) is 14.4. The zero-order valence-corrected chi connectivity index (χ0v) is 22.1. The smallest absolute Gasteiger partial charge is 0.335 e. The molecule has 4 amide bonds. The van der Waals surface area contributed by atoms with E-state index in [0.29, 0.717) is 30.3 Å². The summed E-state index contributed by atoms with van der Waals surface area (Å²) in [5.74, 6) is -0.850. The van der Waals surface area contributed by atoms with E-state index >= 15 is 0 Å². The minimum absolute atomic E-state index is 0.112. The Kier molecular flexibility index (Phi) is 8.83. The maximum atomic E-state index is 13.3. The van der Waals surface area contributed by atoms with Crippen molar-refractivity contribution in [3.05, 3.63) is 88.2 Å². The van der Waals surface area contributed by atoms with E-state index in [1.54, 1.807) is 49.4 Å². The lowest BCUT2D eigenvalue weighted by Crippen LogP contribution is -2.54. The zero-order chi connectivity index (χ0) is 27.9. The van der Waals surface area contributed by atoms with Gasteiger partial charge in [-0.2, -0.15) is 0 Å². The third-order valence-electron chi connectivity index (χ3n) is 5.61. The van der Waals surface area contributed by atoms with E-state index in [4.69, 9.17) is 25.8 Å². The van der Waals surface area contributed by atoms with E-state index in [1.165, 1.54) is 24.3 Å². The van der Waals surface area contributed by atoms with Gasteiger partial charge in [-0.05, 0) is 79.1 Å². The lowest BCUT2D eigenvalue weighted by molar-refractivity contribution is -0.122. The lowest BCUT2D eigenvalue weighted by atomic mass is 10.1. The topological polar surface area (TPSA) is 94.2 Å². The summed E-state index contributed by atoms with van der Waals surface area (Å²) in [6, 6.07) is 14.5. The number of rotatable bonds is 10. The van der Waals surface area contributed by atoms with Gasteiger partial charge in [-0.25, -0.2) is 14.1 Å². The molecule has 1 aliphatic rings. The van der Waals surface area contributed by atoms with Crippen LogP contribution in [0.3, 0.4) is 0 Å². The number of carbonyl (C=O) groups excluding carboxylic acids is 3. The van der Waals surface area contributed by atoms with Crippen molar-refractivity contribution in [2.24, 2.45) is 0 Å². The Bertz CT molecular complexity index is 1410. The summed E-state index contributed by atoms with van der Waals surface area (Å²) in [5.41, 5.74) is 1.12. The molecule has 3 aromatic carbocycles. The summed E-state index contributed by atoms with van der Waals surface area (Å²) >= 11 is 6.49. The van der Waals surface area contributed by atoms with Crippen molar-refractivity contribution in [3.8, 4) is 17.2 Å². The quantitative estimate of drug-likeness (QED) is 0.248. The number of anilines is 1. The van der Waals surface area contributed by atoms with Crippen LogP contribution in [-0.2, 0) is 16.2 Å². The van der Waals surface area contributed by atoms with Crippen LogP contribution in [0.2, 0.25) is 5.02 Å². The predicted molar refractivity (Wildman–Crippen MR) is 145 cm³/mol. The highest BCUT2D eigenvalue weighted by molar-refractivity contribution is 6.39. The number of barbiturate groups is 1. The van der Waals surface area contributed by atoms with E-state index in [0.717, 1.165) is 16.9 Å². The number of nitrogens with one attached hydrogen (secondary N) is 1. The van der Waals surface area contributed by atoms with Crippen molar-refractivity contribution in [2.45, 2.75) is 26.9 Å². The second kappa shape index (κ2) is 12.4. The Morgan fingerprint density at radius 3 is 2.33 bits per heavy atom. The molecule has 1 aliphatic heterocycles. The van der Waals surface area contributed by atoms with Crippen molar-refractivity contribution in [3.63, 3.8) is 0 Å². The molecular weight excluding hydrogens is 527 g/mol. The molecule has 0 atom stereocenters. The average molecular weight is 553 g/mol. The van der Waals surface area contributed by atoms with Gasteiger partial charge in [0.2, 0.25) is 0 Å². The maximum absolute atomic E-state index is 13.3. The number of hydrogen-bond donors (Lipinski definition) is 1. The van der Waals surface area contributed by atoms with Crippen LogP contribution in [0.15, 0.2) is 66.2 Å². The van der Waals surface area contributed by atoms with Crippen molar-refractivity contribution in [1.82, 2.24) is 5.32 Å². The number of nitrogens with zero attached hydrogens (tertiary/aromatic N) is 1. The lowest BCUT2D eigenvalue weighted by Gasteiger charge is -2.26. The van der Waals surface area contributed by atoms with Gasteiger partial charge < -0.3 is 14.2 Å². The van der Waals surface area contributed by atoms with Crippen molar-refractivity contribution >= 4 is 41.2 Å². The number of amides is 4. The molecule has 39 heavy (non-hydrogen) atoms. The minimum Gasteiger partial charge on any atom is -0.494 e. The van der Waals surface area contributed by atoms with Crippen LogP contribution in [-0.4, -0.2) is 31.1 Å². The first-order chi connectivity index (χ1) is 18.8. The summed E-state index contributed by atoms with van der Waals surface area (Å²) in [6.45, 7) is 4.70. The maximum Gasteiger partial charge on any atom is 0.335 e. The van der Waals surface area contributed by atoms with Gasteiger partial charge in [-0.1, -0.05) is 30.7 Å². The number of carbonyl (C=O) groups is 3. The van der Waals surface area contributed by atoms with Crippen molar-refractivity contribution in [1.29, 1.82) is 0 Å². The largest absolute Gasteiger partial charge is 0.494 e. The molecule has 8 nitrogen and oxygen atoms in total. The van der Waals surface area contributed by atoms with Crippen LogP contribution in [0, 0.1) is 5.82 Å². The Morgan fingerprint density at radius 1 is 0.949 bits per heavy atom. The number of imide groups is 2. The molecule has 0 spiro atoms. The average Bonchev–Trinajstić information content (AvgIpc) is 2.91. The van der Waals surface area contributed by atoms with Gasteiger partial charge in [-0.3, -0.25) is 14.9 Å². The Labute approximate surface area is 229 Å². The molecule has 3 aromatic rings. The molecule has 10 heteroatoms. The first-order valence-corrected chi connectivity index (χ1v) is 12.7. The Balaban J connectivity index is 1.61. The fraction of sp³-hybridized carbons (Fsp3) is 0.207. The van der Waals surface area contributed by atoms with Crippen molar-refractivity contribution in [2.75, 3.05) is 18.1 Å². The molecule has 0 bridgehead atoms. The number of halogens is 2. The van der Waals surface area contributed by atoms with Gasteiger partial charge in [0.25, 0.3) is 11.8 Å². The second-order valence-electron chi connectivity index (χ2n) is 8.48. The highest BCUT2D eigenvalue weighted by Gasteiger charge is 2.37. The number of urea groups is 1. The van der Waals surface area contributed by atoms with E-state index in [-0.39, 0.29) is 34.5 Å². The van der Waals surface area contributed by atoms with Gasteiger partial charge in [0.1, 0.15) is 23.7 Å². The van der Waals surface area contributed by atoms with Gasteiger partial charge in [0.15, 0.2) is 11.5 Å². The molecule has 0 unspecified atom stereocenters. The third-order valence-corrected chi connectivity index (χ3v) is 5.89. The molecule has 1 N–H and O–H groups in total. The SMILES string of the molecule is CCCOc1ccc(N2C(=O)NC(=O)/C(=C/c3cc(Cl)c(OCc4ccc(F)cc4)c(OCC)c3)C2=O)cc1. The van der Waals surface area contributed by atoms with Crippen LogP contribution < -0.4 is 24.4 Å². The van der Waals surface area contributed by atoms with Crippen LogP contribution in [0.5, 0.6) is 17.2 Å². The first kappa shape index (κ1) is 27.7. The summed E-state index contributed by atoms with van der Waals surface area (Å²) in [5, 5.41) is 2.37. The van der Waals surface area contributed by atoms with Gasteiger partial charge in [0.05, 0.1) is 23.9 Å². The Hall–Kier alpha value is -4.37. The minimum atomic E-state index is -0.859. The fourth-order valence-electron chi connectivity index (χ4n) is 3.78. The van der Waals surface area contributed by atoms with Crippen LogP contribution in [0.25, 0.3) is 6.08 Å². The highest BCUT2D eigenvalue weighted by atomic mass is 35.5. The van der Waals surface area contributed by atoms with Crippen LogP contribution in [0.1, 0.15) is 31.4 Å². The Morgan fingerprint density at radius 2 is 1.67 bits per heavy atom. The van der Waals surface area contributed by atoms with E-state index < -0.39 is 17.8 Å².